The molecule has 0 aliphatic rings. The maximum Gasteiger partial charge on any atom is 0.265 e. The second kappa shape index (κ2) is 10.4. The van der Waals surface area contributed by atoms with Crippen LogP contribution in [0.1, 0.15) is 73.7 Å². The predicted octanol–water partition coefficient (Wildman–Crippen LogP) is 4.23. The minimum Gasteiger partial charge on any atom is -0.344 e. The van der Waals surface area contributed by atoms with Crippen molar-refractivity contribution in [1.82, 2.24) is 9.88 Å². The molecule has 0 saturated heterocycles. The molecular weight excluding hydrogens is 310 g/mol. The summed E-state index contributed by atoms with van der Waals surface area (Å²) in [6.07, 6.45) is 8.84. The molecule has 0 fully saturated rings. The molecule has 0 bridgehead atoms. The number of unbranched alkanes of at least 4 members (excludes halogenated alkanes) is 6. The van der Waals surface area contributed by atoms with Crippen molar-refractivity contribution in [3.8, 4) is 0 Å². The smallest absolute Gasteiger partial charge is 0.265 e. The molecule has 0 aromatic carbocycles. The van der Waals surface area contributed by atoms with E-state index in [0.29, 0.717) is 22.1 Å². The maximum atomic E-state index is 12.0. The lowest BCUT2D eigenvalue weighted by atomic mass is 10.1. The van der Waals surface area contributed by atoms with Crippen molar-refractivity contribution in [2.75, 3.05) is 19.4 Å². The van der Waals surface area contributed by atoms with Crippen molar-refractivity contribution in [3.63, 3.8) is 0 Å². The van der Waals surface area contributed by atoms with Gasteiger partial charge in [-0.05, 0) is 13.3 Å². The van der Waals surface area contributed by atoms with Gasteiger partial charge in [-0.25, -0.2) is 4.98 Å². The van der Waals surface area contributed by atoms with E-state index in [1.54, 1.807) is 21.0 Å². The van der Waals surface area contributed by atoms with Crippen LogP contribution in [0.4, 0.5) is 5.13 Å². The number of carbonyl (C=O) groups excluding carboxylic acids is 2. The van der Waals surface area contributed by atoms with Gasteiger partial charge < -0.3 is 10.2 Å². The van der Waals surface area contributed by atoms with E-state index in [-0.39, 0.29) is 11.8 Å². The van der Waals surface area contributed by atoms with Crippen LogP contribution in [0, 0.1) is 6.92 Å². The molecule has 0 aliphatic heterocycles. The van der Waals surface area contributed by atoms with Gasteiger partial charge in [0.15, 0.2) is 5.13 Å². The van der Waals surface area contributed by atoms with Crippen LogP contribution in [0.2, 0.25) is 0 Å². The number of thiazole rings is 1. The summed E-state index contributed by atoms with van der Waals surface area (Å²) in [5, 5.41) is 3.32. The second-order valence-corrected chi connectivity index (χ2v) is 7.05. The molecule has 0 radical (unpaired) electrons. The zero-order valence-corrected chi connectivity index (χ0v) is 15.6. The number of amides is 2. The Hall–Kier alpha value is -1.43. The Morgan fingerprint density at radius 2 is 1.70 bits per heavy atom. The van der Waals surface area contributed by atoms with E-state index < -0.39 is 0 Å². The fraction of sp³-hybridized carbons (Fsp3) is 0.706. The van der Waals surface area contributed by atoms with Crippen LogP contribution >= 0.6 is 11.3 Å². The van der Waals surface area contributed by atoms with E-state index in [1.165, 1.54) is 48.3 Å². The fourth-order valence-electron chi connectivity index (χ4n) is 2.28. The van der Waals surface area contributed by atoms with Gasteiger partial charge in [-0.3, -0.25) is 9.59 Å². The molecule has 23 heavy (non-hydrogen) atoms. The normalized spacial score (nSPS) is 10.6. The standard InChI is InChI=1S/C17H29N3O2S/c1-5-6-7-8-9-10-11-12-14(21)19-17-18-13(2)15(23-17)16(22)20(3)4/h5-12H2,1-4H3,(H,18,19,21). The van der Waals surface area contributed by atoms with Crippen molar-refractivity contribution in [1.29, 1.82) is 0 Å². The van der Waals surface area contributed by atoms with E-state index in [9.17, 15) is 9.59 Å². The average Bonchev–Trinajstić information content (AvgIpc) is 2.85. The average molecular weight is 340 g/mol. The Kier molecular flexibility index (Phi) is 8.84. The van der Waals surface area contributed by atoms with Crippen LogP contribution in [0.3, 0.4) is 0 Å². The lowest BCUT2D eigenvalue weighted by molar-refractivity contribution is -0.116. The highest BCUT2D eigenvalue weighted by Crippen LogP contribution is 2.23. The van der Waals surface area contributed by atoms with Gasteiger partial charge in [0, 0.05) is 20.5 Å². The summed E-state index contributed by atoms with van der Waals surface area (Å²) >= 11 is 1.24. The Labute approximate surface area is 143 Å². The van der Waals surface area contributed by atoms with Crippen molar-refractivity contribution in [2.24, 2.45) is 0 Å². The minimum absolute atomic E-state index is 0.0174. The number of carbonyl (C=O) groups is 2. The highest BCUT2D eigenvalue weighted by Gasteiger charge is 2.17. The van der Waals surface area contributed by atoms with E-state index in [4.69, 9.17) is 0 Å². The summed E-state index contributed by atoms with van der Waals surface area (Å²) in [4.78, 5) is 30.3. The summed E-state index contributed by atoms with van der Waals surface area (Å²) in [7, 11) is 3.42. The minimum atomic E-state index is -0.0763. The third-order valence-corrected chi connectivity index (χ3v) is 4.71. The van der Waals surface area contributed by atoms with E-state index >= 15 is 0 Å². The maximum absolute atomic E-state index is 12.0. The molecule has 5 nitrogen and oxygen atoms in total. The molecule has 1 heterocycles. The molecule has 130 valence electrons. The summed E-state index contributed by atoms with van der Waals surface area (Å²) in [5.41, 5.74) is 0.667. The third kappa shape index (κ3) is 7.12. The molecule has 0 saturated carbocycles. The monoisotopic (exact) mass is 339 g/mol. The quantitative estimate of drug-likeness (QED) is 0.649. The second-order valence-electron chi connectivity index (χ2n) is 6.05. The molecule has 1 aromatic heterocycles. The van der Waals surface area contributed by atoms with Crippen LogP contribution in [-0.2, 0) is 4.79 Å². The lowest BCUT2D eigenvalue weighted by Gasteiger charge is -2.07. The largest absolute Gasteiger partial charge is 0.344 e. The molecular formula is C17H29N3O2S. The Balaban J connectivity index is 2.32. The van der Waals surface area contributed by atoms with Gasteiger partial charge >= 0.3 is 0 Å². The number of hydrogen-bond acceptors (Lipinski definition) is 4. The molecule has 0 unspecified atom stereocenters. The van der Waals surface area contributed by atoms with Crippen LogP contribution in [0.15, 0.2) is 0 Å². The zero-order chi connectivity index (χ0) is 17.2. The van der Waals surface area contributed by atoms with Crippen LogP contribution < -0.4 is 5.32 Å². The molecule has 0 aliphatic carbocycles. The molecule has 0 spiro atoms. The lowest BCUT2D eigenvalue weighted by Crippen LogP contribution is -2.21. The number of nitrogens with one attached hydrogen (secondary N) is 1. The van der Waals surface area contributed by atoms with Gasteiger partial charge in [-0.15, -0.1) is 0 Å². The SMILES string of the molecule is CCCCCCCCCC(=O)Nc1nc(C)c(C(=O)N(C)C)s1. The van der Waals surface area contributed by atoms with E-state index in [2.05, 4.69) is 17.2 Å². The van der Waals surface area contributed by atoms with Crippen molar-refractivity contribution in [2.45, 2.75) is 65.2 Å². The highest BCUT2D eigenvalue weighted by molar-refractivity contribution is 7.17. The molecule has 1 rings (SSSR count). The van der Waals surface area contributed by atoms with Gasteiger partial charge in [-0.2, -0.15) is 0 Å². The number of hydrogen-bond donors (Lipinski definition) is 1. The molecule has 2 amide bonds. The van der Waals surface area contributed by atoms with Crippen molar-refractivity contribution >= 4 is 28.3 Å². The Morgan fingerprint density at radius 1 is 1.09 bits per heavy atom. The van der Waals surface area contributed by atoms with Gasteiger partial charge in [0.05, 0.1) is 5.69 Å². The molecule has 1 N–H and O–H groups in total. The van der Waals surface area contributed by atoms with Gasteiger partial charge in [0.25, 0.3) is 5.91 Å². The molecule has 1 aromatic rings. The fourth-order valence-corrected chi connectivity index (χ4v) is 3.28. The number of rotatable bonds is 10. The topological polar surface area (TPSA) is 62.3 Å². The van der Waals surface area contributed by atoms with Gasteiger partial charge in [0.1, 0.15) is 4.88 Å². The molecule has 6 heteroatoms. The molecule has 0 atom stereocenters. The number of nitrogens with zero attached hydrogens (tertiary/aromatic N) is 2. The van der Waals surface area contributed by atoms with Gasteiger partial charge in [0.2, 0.25) is 5.91 Å². The van der Waals surface area contributed by atoms with Gasteiger partial charge in [-0.1, -0.05) is 56.8 Å². The Morgan fingerprint density at radius 3 is 2.30 bits per heavy atom. The van der Waals surface area contributed by atoms with Crippen molar-refractivity contribution < 1.29 is 9.59 Å². The van der Waals surface area contributed by atoms with Crippen molar-refractivity contribution in [3.05, 3.63) is 10.6 Å². The summed E-state index contributed by atoms with van der Waals surface area (Å²) in [5.74, 6) is -0.0938. The van der Waals surface area contributed by atoms with E-state index in [0.717, 1.165) is 12.8 Å². The third-order valence-electron chi connectivity index (χ3n) is 3.65. The number of aryl methyl sites for hydroxylation is 1. The first-order valence-corrected chi connectivity index (χ1v) is 9.26. The number of aromatic nitrogens is 1. The summed E-state index contributed by atoms with van der Waals surface area (Å²) in [6, 6.07) is 0. The van der Waals surface area contributed by atoms with Crippen LogP contribution in [0.5, 0.6) is 0 Å². The van der Waals surface area contributed by atoms with Crippen LogP contribution in [0.25, 0.3) is 0 Å². The predicted molar refractivity (Wildman–Crippen MR) is 96.1 cm³/mol. The number of anilines is 1. The first kappa shape index (κ1) is 19.6. The first-order valence-electron chi connectivity index (χ1n) is 8.44. The first-order chi connectivity index (χ1) is 11.0. The van der Waals surface area contributed by atoms with Crippen LogP contribution in [-0.4, -0.2) is 35.8 Å². The summed E-state index contributed by atoms with van der Waals surface area (Å²) in [6.45, 7) is 4.00. The summed E-state index contributed by atoms with van der Waals surface area (Å²) < 4.78 is 0. The van der Waals surface area contributed by atoms with E-state index in [1.807, 2.05) is 0 Å². The highest BCUT2D eigenvalue weighted by atomic mass is 32.1. The zero-order valence-electron chi connectivity index (χ0n) is 14.8. The Bertz CT molecular complexity index is 512.